The quantitative estimate of drug-likeness (QED) is 0.630. The fourth-order valence-electron chi connectivity index (χ4n) is 1.37. The molecule has 17 heavy (non-hydrogen) atoms. The van der Waals surface area contributed by atoms with Crippen molar-refractivity contribution in [1.82, 2.24) is 15.1 Å². The molecule has 0 aliphatic carbocycles. The minimum atomic E-state index is -0.251. The van der Waals surface area contributed by atoms with Crippen LogP contribution in [0.2, 0.25) is 0 Å². The van der Waals surface area contributed by atoms with Gasteiger partial charge in [0.15, 0.2) is 5.16 Å². The van der Waals surface area contributed by atoms with Gasteiger partial charge in [0.2, 0.25) is 0 Å². The maximum Gasteiger partial charge on any atom is 0.253 e. The summed E-state index contributed by atoms with van der Waals surface area (Å²) in [6.07, 6.45) is 0. The van der Waals surface area contributed by atoms with E-state index in [2.05, 4.69) is 15.1 Å². The number of rotatable bonds is 3. The number of hydrogen-bond acceptors (Lipinski definition) is 6. The Bertz CT molecular complexity index is 571. The summed E-state index contributed by atoms with van der Waals surface area (Å²) in [6.45, 7) is 3.73. The van der Waals surface area contributed by atoms with Crippen molar-refractivity contribution in [3.63, 3.8) is 0 Å². The van der Waals surface area contributed by atoms with E-state index in [1.807, 2.05) is 13.8 Å². The van der Waals surface area contributed by atoms with E-state index in [4.69, 9.17) is 10.3 Å². The molecule has 0 aliphatic heterocycles. The molecule has 3 N–H and O–H groups in total. The highest BCUT2D eigenvalue weighted by atomic mass is 32.2. The molecular weight excluding hydrogens is 240 g/mol. The van der Waals surface area contributed by atoms with Gasteiger partial charge in [0.1, 0.15) is 11.6 Å². The largest absolute Gasteiger partial charge is 0.383 e. The van der Waals surface area contributed by atoms with E-state index in [9.17, 15) is 4.79 Å². The zero-order chi connectivity index (χ0) is 12.4. The van der Waals surface area contributed by atoms with Gasteiger partial charge >= 0.3 is 0 Å². The first-order chi connectivity index (χ1) is 8.06. The normalized spacial score (nSPS) is 10.7. The topological polar surface area (TPSA) is 97.8 Å². The number of nitrogen functional groups attached to an aromatic ring is 1. The summed E-state index contributed by atoms with van der Waals surface area (Å²) in [5.74, 6) is 1.63. The molecular formula is C10H12N4O2S. The van der Waals surface area contributed by atoms with Crippen LogP contribution in [0.1, 0.15) is 17.0 Å². The number of nitrogens with two attached hydrogens (primary N) is 1. The zero-order valence-electron chi connectivity index (χ0n) is 9.48. The molecule has 0 amide bonds. The van der Waals surface area contributed by atoms with Crippen LogP contribution in [0.5, 0.6) is 0 Å². The molecule has 0 fully saturated rings. The number of thioether (sulfide) groups is 1. The van der Waals surface area contributed by atoms with Gasteiger partial charge in [-0.3, -0.25) is 4.79 Å². The number of hydrogen-bond donors (Lipinski definition) is 2. The molecule has 0 radical (unpaired) electrons. The van der Waals surface area contributed by atoms with Crippen molar-refractivity contribution >= 4 is 17.6 Å². The van der Waals surface area contributed by atoms with Crippen LogP contribution in [-0.2, 0) is 5.75 Å². The van der Waals surface area contributed by atoms with Gasteiger partial charge in [-0.05, 0) is 13.8 Å². The first-order valence-corrected chi connectivity index (χ1v) is 5.96. The van der Waals surface area contributed by atoms with Crippen LogP contribution >= 0.6 is 11.8 Å². The van der Waals surface area contributed by atoms with Gasteiger partial charge in [0.05, 0.1) is 5.69 Å². The highest BCUT2D eigenvalue weighted by Gasteiger charge is 2.10. The van der Waals surface area contributed by atoms with Gasteiger partial charge in [-0.15, -0.1) is 0 Å². The van der Waals surface area contributed by atoms with Gasteiger partial charge in [0.25, 0.3) is 5.56 Å². The molecule has 2 heterocycles. The van der Waals surface area contributed by atoms with Gasteiger partial charge in [-0.2, -0.15) is 0 Å². The number of H-pyrrole nitrogens is 1. The van der Waals surface area contributed by atoms with Crippen LogP contribution in [0.25, 0.3) is 0 Å². The molecule has 0 bridgehead atoms. The highest BCUT2D eigenvalue weighted by Crippen LogP contribution is 2.23. The Labute approximate surface area is 102 Å². The molecule has 0 saturated carbocycles. The van der Waals surface area contributed by atoms with Crippen molar-refractivity contribution in [1.29, 1.82) is 0 Å². The third-order valence-electron chi connectivity index (χ3n) is 2.27. The lowest BCUT2D eigenvalue weighted by atomic mass is 10.2. The number of nitrogens with one attached hydrogen (secondary N) is 1. The van der Waals surface area contributed by atoms with E-state index in [0.717, 1.165) is 17.0 Å². The lowest BCUT2D eigenvalue weighted by Crippen LogP contribution is -2.09. The Kier molecular flexibility index (Phi) is 3.19. The van der Waals surface area contributed by atoms with E-state index in [1.165, 1.54) is 17.8 Å². The predicted octanol–water partition coefficient (Wildman–Crippen LogP) is 1.25. The van der Waals surface area contributed by atoms with Crippen molar-refractivity contribution in [2.75, 3.05) is 5.73 Å². The van der Waals surface area contributed by atoms with E-state index < -0.39 is 0 Å². The molecule has 0 spiro atoms. The smallest absolute Gasteiger partial charge is 0.253 e. The minimum Gasteiger partial charge on any atom is -0.383 e. The molecule has 90 valence electrons. The number of anilines is 1. The fraction of sp³-hybridized carbons (Fsp3) is 0.300. The van der Waals surface area contributed by atoms with Gasteiger partial charge < -0.3 is 15.2 Å². The Morgan fingerprint density at radius 2 is 2.29 bits per heavy atom. The van der Waals surface area contributed by atoms with Crippen molar-refractivity contribution < 1.29 is 4.52 Å². The van der Waals surface area contributed by atoms with Crippen LogP contribution in [0.4, 0.5) is 5.82 Å². The summed E-state index contributed by atoms with van der Waals surface area (Å²) in [4.78, 5) is 17.8. The SMILES string of the molecule is Cc1noc(C)c1CSc1nc(N)cc(=O)[nH]1. The summed E-state index contributed by atoms with van der Waals surface area (Å²) in [7, 11) is 0. The molecule has 0 aromatic carbocycles. The van der Waals surface area contributed by atoms with E-state index >= 15 is 0 Å². The maximum absolute atomic E-state index is 11.2. The number of aromatic nitrogens is 3. The average Bonchev–Trinajstić information content (AvgIpc) is 2.55. The van der Waals surface area contributed by atoms with Crippen LogP contribution in [0, 0.1) is 13.8 Å². The first-order valence-electron chi connectivity index (χ1n) is 4.97. The summed E-state index contributed by atoms with van der Waals surface area (Å²) < 4.78 is 5.05. The Morgan fingerprint density at radius 3 is 2.88 bits per heavy atom. The minimum absolute atomic E-state index is 0.218. The molecule has 0 unspecified atom stereocenters. The lowest BCUT2D eigenvalue weighted by Gasteiger charge is -2.01. The number of aromatic amines is 1. The molecule has 7 heteroatoms. The van der Waals surface area contributed by atoms with Crippen LogP contribution < -0.4 is 11.3 Å². The maximum atomic E-state index is 11.2. The summed E-state index contributed by atoms with van der Waals surface area (Å²) in [6, 6.07) is 1.25. The monoisotopic (exact) mass is 252 g/mol. The van der Waals surface area contributed by atoms with Gasteiger partial charge in [0, 0.05) is 17.4 Å². The molecule has 6 nitrogen and oxygen atoms in total. The number of nitrogens with zero attached hydrogens (tertiary/aromatic N) is 2. The zero-order valence-corrected chi connectivity index (χ0v) is 10.3. The molecule has 0 aliphatic rings. The summed E-state index contributed by atoms with van der Waals surface area (Å²) in [5.41, 5.74) is 7.10. The molecule has 2 rings (SSSR count). The second-order valence-corrected chi connectivity index (χ2v) is 4.53. The van der Waals surface area contributed by atoms with Gasteiger partial charge in [-0.1, -0.05) is 16.9 Å². The predicted molar refractivity (Wildman–Crippen MR) is 64.8 cm³/mol. The van der Waals surface area contributed by atoms with Crippen LogP contribution in [-0.4, -0.2) is 15.1 Å². The second kappa shape index (κ2) is 4.62. The highest BCUT2D eigenvalue weighted by molar-refractivity contribution is 7.98. The van der Waals surface area contributed by atoms with Crippen LogP contribution in [0.3, 0.4) is 0 Å². The fourth-order valence-corrected chi connectivity index (χ4v) is 2.41. The van der Waals surface area contributed by atoms with Crippen molar-refractivity contribution in [2.45, 2.75) is 24.8 Å². The van der Waals surface area contributed by atoms with Crippen molar-refractivity contribution in [3.05, 3.63) is 33.4 Å². The average molecular weight is 252 g/mol. The Hall–Kier alpha value is -1.76. The second-order valence-electron chi connectivity index (χ2n) is 3.57. The van der Waals surface area contributed by atoms with Crippen molar-refractivity contribution in [3.8, 4) is 0 Å². The van der Waals surface area contributed by atoms with E-state index in [-0.39, 0.29) is 11.4 Å². The summed E-state index contributed by atoms with van der Waals surface area (Å²) >= 11 is 1.39. The first kappa shape index (κ1) is 11.7. The molecule has 2 aromatic heterocycles. The van der Waals surface area contributed by atoms with Crippen LogP contribution in [0.15, 0.2) is 20.5 Å². The standard InChI is InChI=1S/C10H12N4O2S/c1-5-7(6(2)16-14-5)4-17-10-12-8(11)3-9(15)13-10/h3H,4H2,1-2H3,(H3,11,12,13,15). The van der Waals surface area contributed by atoms with Crippen molar-refractivity contribution in [2.24, 2.45) is 0 Å². The molecule has 0 saturated heterocycles. The lowest BCUT2D eigenvalue weighted by molar-refractivity contribution is 0.392. The van der Waals surface area contributed by atoms with E-state index in [0.29, 0.717) is 10.9 Å². The van der Waals surface area contributed by atoms with Gasteiger partial charge in [-0.25, -0.2) is 4.98 Å². The molecule has 2 aromatic rings. The Balaban J connectivity index is 2.15. The third-order valence-corrected chi connectivity index (χ3v) is 3.17. The third kappa shape index (κ3) is 2.68. The van der Waals surface area contributed by atoms with E-state index in [1.54, 1.807) is 0 Å². The number of aryl methyl sites for hydroxylation is 2. The molecule has 0 atom stereocenters. The summed E-state index contributed by atoms with van der Waals surface area (Å²) in [5, 5.41) is 4.35. The Morgan fingerprint density at radius 1 is 1.53 bits per heavy atom.